The predicted octanol–water partition coefficient (Wildman–Crippen LogP) is -2.71. The van der Waals surface area contributed by atoms with Gasteiger partial charge in [-0.2, -0.15) is 0 Å². The van der Waals surface area contributed by atoms with E-state index in [0.29, 0.717) is 0 Å². The number of alkyl halides is 2. The Hall–Kier alpha value is 1.25. The molecule has 0 aliphatic carbocycles. The number of amides is 1. The molecule has 2 heterocycles. The minimum absolute atomic E-state index is 0. The van der Waals surface area contributed by atoms with Gasteiger partial charge in [0.05, 0.1) is 12.0 Å². The number of hydrogen-bond acceptors (Lipinski definition) is 4. The maximum Gasteiger partial charge on any atom is 1.00 e. The Labute approximate surface area is 136 Å². The van der Waals surface area contributed by atoms with Crippen molar-refractivity contribution >= 4 is 55.5 Å². The van der Waals surface area contributed by atoms with Gasteiger partial charge in [0.25, 0.3) is 5.91 Å². The topological polar surface area (TPSA) is 60.4 Å². The van der Waals surface area contributed by atoms with Crippen LogP contribution in [0.1, 0.15) is 13.8 Å². The maximum absolute atomic E-state index is 11.7. The second-order valence-corrected chi connectivity index (χ2v) is 9.43. The molecule has 16 heavy (non-hydrogen) atoms. The SMILES string of the molecule is CC1(C)SC2N(C(=O)C2(Br)Br)C1C(=O)[O-].[Na+]. The molecule has 1 amide bonds. The van der Waals surface area contributed by atoms with E-state index in [1.165, 1.54) is 16.7 Å². The number of carbonyl (C=O) groups excluding carboxylic acids is 2. The van der Waals surface area contributed by atoms with E-state index in [0.717, 1.165) is 0 Å². The third-order valence-electron chi connectivity index (χ3n) is 2.66. The number of halogens is 2. The van der Waals surface area contributed by atoms with Gasteiger partial charge in [0.2, 0.25) is 0 Å². The van der Waals surface area contributed by atoms with Gasteiger partial charge in [-0.05, 0) is 13.8 Å². The first-order valence-corrected chi connectivity index (χ1v) is 6.75. The molecule has 0 aromatic rings. The molecular formula is C8H8Br2NNaO3S. The molecule has 0 N–H and O–H groups in total. The largest absolute Gasteiger partial charge is 1.00 e. The number of thioether (sulfide) groups is 1. The second-order valence-electron chi connectivity index (χ2n) is 4.13. The molecule has 0 bridgehead atoms. The fourth-order valence-corrected chi connectivity index (χ4v) is 4.87. The molecule has 84 valence electrons. The number of carboxylic acid groups (broad SMARTS) is 1. The monoisotopic (exact) mass is 379 g/mol. The van der Waals surface area contributed by atoms with Gasteiger partial charge >= 0.3 is 29.6 Å². The minimum Gasteiger partial charge on any atom is -0.548 e. The summed E-state index contributed by atoms with van der Waals surface area (Å²) >= 11 is 7.97. The van der Waals surface area contributed by atoms with Gasteiger partial charge in [0.1, 0.15) is 5.37 Å². The third-order valence-corrected chi connectivity index (χ3v) is 6.44. The van der Waals surface area contributed by atoms with Crippen LogP contribution in [0.25, 0.3) is 0 Å². The van der Waals surface area contributed by atoms with Gasteiger partial charge in [0, 0.05) is 4.75 Å². The van der Waals surface area contributed by atoms with Gasteiger partial charge in [-0.3, -0.25) is 4.79 Å². The maximum atomic E-state index is 11.7. The normalized spacial score (nSPS) is 33.8. The van der Waals surface area contributed by atoms with Gasteiger partial charge in [-0.25, -0.2) is 0 Å². The molecule has 4 nitrogen and oxygen atoms in total. The summed E-state index contributed by atoms with van der Waals surface area (Å²) in [6, 6.07) is -0.858. The van der Waals surface area contributed by atoms with Gasteiger partial charge in [-0.15, -0.1) is 11.8 Å². The number of nitrogens with zero attached hydrogens (tertiary/aromatic N) is 1. The van der Waals surface area contributed by atoms with Crippen LogP contribution in [0.4, 0.5) is 0 Å². The number of carbonyl (C=O) groups is 2. The Morgan fingerprint density at radius 1 is 1.50 bits per heavy atom. The van der Waals surface area contributed by atoms with E-state index in [9.17, 15) is 14.7 Å². The van der Waals surface area contributed by atoms with Crippen molar-refractivity contribution < 1.29 is 44.3 Å². The zero-order chi connectivity index (χ0) is 11.6. The van der Waals surface area contributed by atoms with Gasteiger partial charge < -0.3 is 14.8 Å². The molecule has 0 aromatic carbocycles. The van der Waals surface area contributed by atoms with Crippen molar-refractivity contribution in [1.29, 1.82) is 0 Å². The van der Waals surface area contributed by atoms with Crippen LogP contribution in [0, 0.1) is 0 Å². The van der Waals surface area contributed by atoms with Crippen molar-refractivity contribution in [2.75, 3.05) is 0 Å². The molecule has 0 spiro atoms. The molecule has 2 unspecified atom stereocenters. The number of rotatable bonds is 1. The Morgan fingerprint density at radius 2 is 2.00 bits per heavy atom. The average molecular weight is 381 g/mol. The smallest absolute Gasteiger partial charge is 0.548 e. The molecule has 2 aliphatic rings. The van der Waals surface area contributed by atoms with E-state index in [1.54, 1.807) is 13.8 Å². The van der Waals surface area contributed by atoms with Crippen molar-refractivity contribution in [3.63, 3.8) is 0 Å². The number of β-lactam (4-membered cyclic amide) rings is 1. The fraction of sp³-hybridized carbons (Fsp3) is 0.750. The molecule has 2 atom stereocenters. The molecule has 8 heteroatoms. The average Bonchev–Trinajstić information content (AvgIpc) is 2.35. The van der Waals surface area contributed by atoms with Crippen LogP contribution in [-0.4, -0.2) is 36.2 Å². The number of aliphatic carboxylic acids is 1. The summed E-state index contributed by atoms with van der Waals surface area (Å²) in [5.41, 5.74) is 0. The summed E-state index contributed by atoms with van der Waals surface area (Å²) in [6.45, 7) is 3.61. The van der Waals surface area contributed by atoms with Crippen molar-refractivity contribution in [3.05, 3.63) is 0 Å². The first-order chi connectivity index (χ1) is 6.69. The molecule has 0 saturated carbocycles. The minimum atomic E-state index is -1.20. The van der Waals surface area contributed by atoms with E-state index in [1.807, 2.05) is 0 Å². The van der Waals surface area contributed by atoms with E-state index in [2.05, 4.69) is 31.9 Å². The quantitative estimate of drug-likeness (QED) is 0.282. The number of carboxylic acids is 1. The van der Waals surface area contributed by atoms with Crippen LogP contribution in [0.2, 0.25) is 0 Å². The van der Waals surface area contributed by atoms with Crippen LogP contribution in [0.3, 0.4) is 0 Å². The number of fused-ring (bicyclic) bond motifs is 1. The van der Waals surface area contributed by atoms with Crippen molar-refractivity contribution in [2.45, 2.75) is 33.2 Å². The molecule has 2 rings (SSSR count). The molecule has 2 aliphatic heterocycles. The van der Waals surface area contributed by atoms with E-state index < -0.39 is 20.0 Å². The molecule has 0 aromatic heterocycles. The Balaban J connectivity index is 0.00000128. The standard InChI is InChI=1S/C8H9Br2NO3S.Na/c1-7(2)3(4(12)13)11-5(14)8(9,10)6(11)15-7;/h3,6H,1-2H3,(H,12,13);/q;+1/p-1. The zero-order valence-electron chi connectivity index (χ0n) is 8.99. The summed E-state index contributed by atoms with van der Waals surface area (Å²) in [5, 5.41) is 10.8. The fourth-order valence-electron chi connectivity index (χ4n) is 1.96. The Bertz CT molecular complexity index is 363. The summed E-state index contributed by atoms with van der Waals surface area (Å²) < 4.78 is -1.34. The van der Waals surface area contributed by atoms with Crippen molar-refractivity contribution in [3.8, 4) is 0 Å². The predicted molar refractivity (Wildman–Crippen MR) is 61.7 cm³/mol. The molecule has 0 radical (unpaired) electrons. The van der Waals surface area contributed by atoms with Crippen molar-refractivity contribution in [2.24, 2.45) is 0 Å². The van der Waals surface area contributed by atoms with E-state index in [-0.39, 0.29) is 40.8 Å². The zero-order valence-corrected chi connectivity index (χ0v) is 15.0. The molecule has 2 saturated heterocycles. The van der Waals surface area contributed by atoms with Gasteiger partial charge in [-0.1, -0.05) is 31.9 Å². The first kappa shape index (κ1) is 15.3. The van der Waals surface area contributed by atoms with Crippen molar-refractivity contribution in [1.82, 2.24) is 4.90 Å². The van der Waals surface area contributed by atoms with Gasteiger partial charge in [0.15, 0.2) is 3.23 Å². The Morgan fingerprint density at radius 3 is 2.44 bits per heavy atom. The molecular weight excluding hydrogens is 373 g/mol. The summed E-state index contributed by atoms with van der Waals surface area (Å²) in [7, 11) is 0. The van der Waals surface area contributed by atoms with Crippen LogP contribution in [0.15, 0.2) is 0 Å². The van der Waals surface area contributed by atoms with Crippen LogP contribution < -0.4 is 34.7 Å². The van der Waals surface area contributed by atoms with Crippen LogP contribution in [0.5, 0.6) is 0 Å². The molecule has 2 fully saturated rings. The third kappa shape index (κ3) is 1.91. The summed E-state index contributed by atoms with van der Waals surface area (Å²) in [5.74, 6) is -1.45. The summed E-state index contributed by atoms with van der Waals surface area (Å²) in [4.78, 5) is 24.1. The van der Waals surface area contributed by atoms with Crippen LogP contribution in [-0.2, 0) is 9.59 Å². The summed E-state index contributed by atoms with van der Waals surface area (Å²) in [6.07, 6.45) is 0. The van der Waals surface area contributed by atoms with E-state index >= 15 is 0 Å². The van der Waals surface area contributed by atoms with Crippen LogP contribution >= 0.6 is 43.6 Å². The van der Waals surface area contributed by atoms with E-state index in [4.69, 9.17) is 0 Å². The second kappa shape index (κ2) is 4.42. The Kier molecular flexibility index (Phi) is 4.23. The number of hydrogen-bond donors (Lipinski definition) is 0. The first-order valence-electron chi connectivity index (χ1n) is 4.29.